The molecule has 1 unspecified atom stereocenters. The predicted octanol–water partition coefficient (Wildman–Crippen LogP) is 1.46. The van der Waals surface area contributed by atoms with Crippen LogP contribution in [0, 0.1) is 0 Å². The maximum atomic E-state index is 12.4. The molecule has 144 valence electrons. The first kappa shape index (κ1) is 23.7. The topological polar surface area (TPSA) is 58.1 Å². The summed E-state index contributed by atoms with van der Waals surface area (Å²) in [5.41, 5.74) is 0. The summed E-state index contributed by atoms with van der Waals surface area (Å²) in [4.78, 5) is 5.50. The molecule has 10 heteroatoms. The molecule has 2 N–H and O–H groups in total. The number of alkyl halides is 3. The van der Waals surface area contributed by atoms with E-state index in [1.807, 2.05) is 0 Å². The summed E-state index contributed by atoms with van der Waals surface area (Å²) < 4.78 is 47.3. The number of likely N-dealkylation sites (tertiary alicyclic amines) is 1. The van der Waals surface area contributed by atoms with Crippen LogP contribution in [0.15, 0.2) is 4.99 Å². The molecule has 0 radical (unpaired) electrons. The average molecular weight is 468 g/mol. The van der Waals surface area contributed by atoms with Gasteiger partial charge in [0.05, 0.1) is 19.8 Å². The van der Waals surface area contributed by atoms with E-state index in [9.17, 15) is 13.2 Å². The lowest BCUT2D eigenvalue weighted by atomic mass is 10.3. The SMILES string of the molecule is CN=C(NCCCOCCOC)NC1CCN(CC(F)(F)F)C1.I. The summed E-state index contributed by atoms with van der Waals surface area (Å²) in [6.45, 7) is 2.42. The number of nitrogens with zero attached hydrogens (tertiary/aromatic N) is 2. The molecule has 0 amide bonds. The number of halogens is 4. The Morgan fingerprint density at radius 1 is 1.29 bits per heavy atom. The van der Waals surface area contributed by atoms with Gasteiger partial charge in [0.1, 0.15) is 0 Å². The molecule has 0 aromatic heterocycles. The van der Waals surface area contributed by atoms with E-state index in [2.05, 4.69) is 15.6 Å². The van der Waals surface area contributed by atoms with Crippen molar-refractivity contribution < 1.29 is 22.6 Å². The van der Waals surface area contributed by atoms with Gasteiger partial charge in [0.2, 0.25) is 0 Å². The number of methoxy groups -OCH3 is 1. The fourth-order valence-electron chi connectivity index (χ4n) is 2.36. The van der Waals surface area contributed by atoms with E-state index >= 15 is 0 Å². The molecule has 1 rings (SSSR count). The first-order chi connectivity index (χ1) is 10.9. The van der Waals surface area contributed by atoms with Crippen molar-refractivity contribution in [2.75, 3.05) is 60.2 Å². The number of hydrogen-bond donors (Lipinski definition) is 2. The normalized spacial score (nSPS) is 19.2. The van der Waals surface area contributed by atoms with Crippen molar-refractivity contribution in [3.63, 3.8) is 0 Å². The molecular formula is C14H28F3IN4O2. The predicted molar refractivity (Wildman–Crippen MR) is 98.1 cm³/mol. The van der Waals surface area contributed by atoms with Crippen molar-refractivity contribution in [1.29, 1.82) is 0 Å². The largest absolute Gasteiger partial charge is 0.401 e. The van der Waals surface area contributed by atoms with Crippen molar-refractivity contribution in [1.82, 2.24) is 15.5 Å². The molecule has 0 aromatic carbocycles. The summed E-state index contributed by atoms with van der Waals surface area (Å²) in [5, 5.41) is 6.30. The van der Waals surface area contributed by atoms with E-state index in [0.29, 0.717) is 51.8 Å². The minimum absolute atomic E-state index is 0. The smallest absolute Gasteiger partial charge is 0.382 e. The lowest BCUT2D eigenvalue weighted by Gasteiger charge is -2.19. The minimum atomic E-state index is -4.14. The number of nitrogens with one attached hydrogen (secondary N) is 2. The van der Waals surface area contributed by atoms with Gasteiger partial charge in [-0.15, -0.1) is 24.0 Å². The van der Waals surface area contributed by atoms with Gasteiger partial charge in [-0.3, -0.25) is 9.89 Å². The molecular weight excluding hydrogens is 440 g/mol. The van der Waals surface area contributed by atoms with Crippen LogP contribution >= 0.6 is 24.0 Å². The van der Waals surface area contributed by atoms with Crippen LogP contribution in [0.4, 0.5) is 13.2 Å². The molecule has 1 fully saturated rings. The van der Waals surface area contributed by atoms with Crippen LogP contribution in [0.25, 0.3) is 0 Å². The fraction of sp³-hybridized carbons (Fsp3) is 0.929. The van der Waals surface area contributed by atoms with Crippen LogP contribution in [0.2, 0.25) is 0 Å². The van der Waals surface area contributed by atoms with Gasteiger partial charge in [-0.05, 0) is 12.8 Å². The third-order valence-electron chi connectivity index (χ3n) is 3.43. The van der Waals surface area contributed by atoms with Crippen molar-refractivity contribution in [2.24, 2.45) is 4.99 Å². The number of rotatable bonds is 9. The molecule has 0 aliphatic carbocycles. The van der Waals surface area contributed by atoms with Gasteiger partial charge >= 0.3 is 6.18 Å². The average Bonchev–Trinajstić information content (AvgIpc) is 2.90. The number of guanidine groups is 1. The molecule has 0 bridgehead atoms. The molecule has 1 aliphatic rings. The molecule has 1 saturated heterocycles. The first-order valence-electron chi connectivity index (χ1n) is 7.77. The summed E-state index contributed by atoms with van der Waals surface area (Å²) in [6.07, 6.45) is -2.65. The third kappa shape index (κ3) is 11.3. The number of hydrogen-bond acceptors (Lipinski definition) is 4. The lowest BCUT2D eigenvalue weighted by Crippen LogP contribution is -2.45. The van der Waals surface area contributed by atoms with Gasteiger partial charge in [0.15, 0.2) is 5.96 Å². The standard InChI is InChI=1S/C14H27F3N4O2.HI/c1-18-13(19-5-3-7-23-9-8-22-2)20-12-4-6-21(10-12)11-14(15,16)17;/h12H,3-11H2,1-2H3,(H2,18,19,20);1H. The monoisotopic (exact) mass is 468 g/mol. The van der Waals surface area contributed by atoms with Gasteiger partial charge in [-0.1, -0.05) is 0 Å². The van der Waals surface area contributed by atoms with Crippen molar-refractivity contribution >= 4 is 29.9 Å². The molecule has 1 aliphatic heterocycles. The van der Waals surface area contributed by atoms with Crippen LogP contribution in [0.3, 0.4) is 0 Å². The van der Waals surface area contributed by atoms with Crippen LogP contribution in [-0.2, 0) is 9.47 Å². The lowest BCUT2D eigenvalue weighted by molar-refractivity contribution is -0.143. The Bertz CT molecular complexity index is 359. The summed E-state index contributed by atoms with van der Waals surface area (Å²) in [7, 11) is 3.27. The highest BCUT2D eigenvalue weighted by Gasteiger charge is 2.34. The highest BCUT2D eigenvalue weighted by atomic mass is 127. The molecule has 1 heterocycles. The maximum Gasteiger partial charge on any atom is 0.401 e. The summed E-state index contributed by atoms with van der Waals surface area (Å²) in [5.74, 6) is 0.612. The Kier molecular flexibility index (Phi) is 12.8. The Labute approximate surface area is 158 Å². The van der Waals surface area contributed by atoms with Crippen molar-refractivity contribution in [3.05, 3.63) is 0 Å². The molecule has 0 saturated carbocycles. The third-order valence-corrected chi connectivity index (χ3v) is 3.43. The van der Waals surface area contributed by atoms with E-state index in [1.54, 1.807) is 14.2 Å². The Hall–Kier alpha value is -0.330. The van der Waals surface area contributed by atoms with Gasteiger partial charge in [-0.2, -0.15) is 13.2 Å². The Balaban J connectivity index is 0.00000529. The molecule has 1 atom stereocenters. The zero-order valence-corrected chi connectivity index (χ0v) is 16.5. The second kappa shape index (κ2) is 13.0. The minimum Gasteiger partial charge on any atom is -0.382 e. The molecule has 0 aromatic rings. The Morgan fingerprint density at radius 3 is 2.67 bits per heavy atom. The zero-order chi connectivity index (χ0) is 17.1. The second-order valence-electron chi connectivity index (χ2n) is 5.44. The van der Waals surface area contributed by atoms with Crippen molar-refractivity contribution in [3.8, 4) is 0 Å². The van der Waals surface area contributed by atoms with E-state index in [-0.39, 0.29) is 30.0 Å². The molecule has 24 heavy (non-hydrogen) atoms. The van der Waals surface area contributed by atoms with Crippen LogP contribution in [0.5, 0.6) is 0 Å². The second-order valence-corrected chi connectivity index (χ2v) is 5.44. The van der Waals surface area contributed by atoms with E-state index in [1.165, 1.54) is 4.90 Å². The van der Waals surface area contributed by atoms with Crippen LogP contribution in [-0.4, -0.2) is 83.2 Å². The van der Waals surface area contributed by atoms with Gasteiger partial charge in [0, 0.05) is 46.4 Å². The van der Waals surface area contributed by atoms with E-state index < -0.39 is 12.7 Å². The quantitative estimate of drug-likeness (QED) is 0.232. The van der Waals surface area contributed by atoms with E-state index in [0.717, 1.165) is 6.42 Å². The molecule has 6 nitrogen and oxygen atoms in total. The Morgan fingerprint density at radius 2 is 2.04 bits per heavy atom. The van der Waals surface area contributed by atoms with Crippen molar-refractivity contribution in [2.45, 2.75) is 25.1 Å². The van der Waals surface area contributed by atoms with Crippen LogP contribution < -0.4 is 10.6 Å². The fourth-order valence-corrected chi connectivity index (χ4v) is 2.36. The number of aliphatic imine (C=N–C) groups is 1. The number of ether oxygens (including phenoxy) is 2. The summed E-state index contributed by atoms with van der Waals surface area (Å²) >= 11 is 0. The van der Waals surface area contributed by atoms with Gasteiger partial charge in [-0.25, -0.2) is 0 Å². The summed E-state index contributed by atoms with van der Waals surface area (Å²) in [6, 6.07) is -0.0125. The highest BCUT2D eigenvalue weighted by Crippen LogP contribution is 2.19. The maximum absolute atomic E-state index is 12.4. The first-order valence-corrected chi connectivity index (χ1v) is 7.77. The van der Waals surface area contributed by atoms with E-state index in [4.69, 9.17) is 9.47 Å². The molecule has 0 spiro atoms. The van der Waals surface area contributed by atoms with Crippen LogP contribution in [0.1, 0.15) is 12.8 Å². The van der Waals surface area contributed by atoms with Gasteiger partial charge < -0.3 is 20.1 Å². The zero-order valence-electron chi connectivity index (χ0n) is 14.2. The van der Waals surface area contributed by atoms with Gasteiger partial charge in [0.25, 0.3) is 0 Å². The highest BCUT2D eigenvalue weighted by molar-refractivity contribution is 14.0.